The number of hydrogen-bond donors (Lipinski definition) is 1. The molecule has 0 spiro atoms. The van der Waals surface area contributed by atoms with Crippen LogP contribution >= 0.6 is 11.3 Å². The number of ether oxygens (including phenoxy) is 2. The van der Waals surface area contributed by atoms with Gasteiger partial charge >= 0.3 is 0 Å². The summed E-state index contributed by atoms with van der Waals surface area (Å²) in [6.07, 6.45) is 7.77. The van der Waals surface area contributed by atoms with Crippen molar-refractivity contribution < 1.29 is 14.3 Å². The molecule has 1 aromatic heterocycles. The van der Waals surface area contributed by atoms with E-state index in [1.165, 1.54) is 23.8 Å². The Hall–Kier alpha value is -2.34. The Labute approximate surface area is 138 Å². The van der Waals surface area contributed by atoms with Gasteiger partial charge in [-0.3, -0.25) is 10.1 Å². The average molecular weight is 328 g/mol. The highest BCUT2D eigenvalue weighted by Gasteiger charge is 2.16. The molecule has 0 atom stereocenters. The molecule has 4 rings (SSSR count). The topological polar surface area (TPSA) is 60.5 Å². The quantitative estimate of drug-likeness (QED) is 0.877. The first-order valence-corrected chi connectivity index (χ1v) is 8.47. The maximum atomic E-state index is 12.0. The predicted molar refractivity (Wildman–Crippen MR) is 89.0 cm³/mol. The SMILES string of the molecule is O=C(/C=C/c1ccc2c(c1)OCO2)Nc1nc2c(s1)CCCC2. The average Bonchev–Trinajstić information content (AvgIpc) is 3.18. The molecule has 0 bridgehead atoms. The zero-order valence-corrected chi connectivity index (χ0v) is 13.3. The second-order valence-electron chi connectivity index (χ2n) is 5.53. The number of rotatable bonds is 3. The first kappa shape index (κ1) is 14.3. The number of thiazole rings is 1. The van der Waals surface area contributed by atoms with E-state index in [9.17, 15) is 4.79 Å². The van der Waals surface area contributed by atoms with Crippen molar-refractivity contribution >= 4 is 28.5 Å². The number of carbonyl (C=O) groups excluding carboxylic acids is 1. The van der Waals surface area contributed by atoms with Gasteiger partial charge in [-0.2, -0.15) is 0 Å². The van der Waals surface area contributed by atoms with Gasteiger partial charge in [0.05, 0.1) is 5.69 Å². The number of benzene rings is 1. The number of anilines is 1. The first-order valence-electron chi connectivity index (χ1n) is 7.65. The normalized spacial score (nSPS) is 15.7. The standard InChI is InChI=1S/C17H16N2O3S/c20-16(19-17-18-12-3-1-2-4-15(12)23-17)8-6-11-5-7-13-14(9-11)22-10-21-13/h5-9H,1-4,10H2,(H,18,19,20)/b8-6+. The van der Waals surface area contributed by atoms with Gasteiger partial charge in [0.15, 0.2) is 16.6 Å². The van der Waals surface area contributed by atoms with Crippen molar-refractivity contribution in [3.63, 3.8) is 0 Å². The first-order chi connectivity index (χ1) is 11.3. The lowest BCUT2D eigenvalue weighted by atomic mass is 10.0. The molecule has 1 aliphatic heterocycles. The molecular formula is C17H16N2O3S. The Morgan fingerprint density at radius 2 is 2.09 bits per heavy atom. The molecule has 118 valence electrons. The second-order valence-corrected chi connectivity index (χ2v) is 6.61. The van der Waals surface area contributed by atoms with Gasteiger partial charge in [-0.25, -0.2) is 4.98 Å². The number of nitrogens with one attached hydrogen (secondary N) is 1. The van der Waals surface area contributed by atoms with Gasteiger partial charge in [-0.1, -0.05) is 6.07 Å². The maximum Gasteiger partial charge on any atom is 0.250 e. The predicted octanol–water partition coefficient (Wildman–Crippen LogP) is 3.40. The molecule has 2 aromatic rings. The summed E-state index contributed by atoms with van der Waals surface area (Å²) in [5.41, 5.74) is 2.04. The van der Waals surface area contributed by atoms with E-state index in [1.807, 2.05) is 18.2 Å². The monoisotopic (exact) mass is 328 g/mol. The van der Waals surface area contributed by atoms with E-state index in [1.54, 1.807) is 17.4 Å². The van der Waals surface area contributed by atoms with Gasteiger partial charge in [0.1, 0.15) is 0 Å². The van der Waals surface area contributed by atoms with Gasteiger partial charge in [0.25, 0.3) is 0 Å². The van der Waals surface area contributed by atoms with Crippen molar-refractivity contribution in [1.82, 2.24) is 4.98 Å². The molecule has 0 saturated carbocycles. The summed E-state index contributed by atoms with van der Waals surface area (Å²) in [4.78, 5) is 17.9. The minimum atomic E-state index is -0.172. The molecule has 1 aliphatic carbocycles. The highest BCUT2D eigenvalue weighted by atomic mass is 32.1. The molecular weight excluding hydrogens is 312 g/mol. The summed E-state index contributed by atoms with van der Waals surface area (Å²) in [7, 11) is 0. The van der Waals surface area contributed by atoms with Crippen LogP contribution in [-0.2, 0) is 17.6 Å². The van der Waals surface area contributed by atoms with Crippen LogP contribution in [0.1, 0.15) is 29.0 Å². The highest BCUT2D eigenvalue weighted by molar-refractivity contribution is 7.15. The van der Waals surface area contributed by atoms with Crippen molar-refractivity contribution in [3.05, 3.63) is 40.4 Å². The van der Waals surface area contributed by atoms with Crippen LogP contribution in [0.3, 0.4) is 0 Å². The van der Waals surface area contributed by atoms with Crippen LogP contribution in [0.25, 0.3) is 6.08 Å². The van der Waals surface area contributed by atoms with E-state index < -0.39 is 0 Å². The maximum absolute atomic E-state index is 12.0. The molecule has 2 heterocycles. The van der Waals surface area contributed by atoms with Gasteiger partial charge in [0, 0.05) is 11.0 Å². The fourth-order valence-corrected chi connectivity index (χ4v) is 3.79. The highest BCUT2D eigenvalue weighted by Crippen LogP contribution is 2.33. The number of amides is 1. The Balaban J connectivity index is 1.42. The summed E-state index contributed by atoms with van der Waals surface area (Å²) in [5.74, 6) is 1.27. The minimum Gasteiger partial charge on any atom is -0.454 e. The third kappa shape index (κ3) is 3.07. The van der Waals surface area contributed by atoms with Crippen molar-refractivity contribution in [2.45, 2.75) is 25.7 Å². The molecule has 1 aromatic carbocycles. The van der Waals surface area contributed by atoms with Crippen molar-refractivity contribution in [2.75, 3.05) is 12.1 Å². The molecule has 1 N–H and O–H groups in total. The van der Waals surface area contributed by atoms with E-state index in [0.29, 0.717) is 10.9 Å². The number of hydrogen-bond acceptors (Lipinski definition) is 5. The Morgan fingerprint density at radius 1 is 1.22 bits per heavy atom. The fraction of sp³-hybridized carbons (Fsp3) is 0.294. The smallest absolute Gasteiger partial charge is 0.250 e. The lowest BCUT2D eigenvalue weighted by molar-refractivity contribution is -0.111. The van der Waals surface area contributed by atoms with E-state index >= 15 is 0 Å². The molecule has 5 nitrogen and oxygen atoms in total. The van der Waals surface area contributed by atoms with Crippen LogP contribution in [0.5, 0.6) is 11.5 Å². The van der Waals surface area contributed by atoms with Crippen LogP contribution in [0, 0.1) is 0 Å². The van der Waals surface area contributed by atoms with Crippen LogP contribution < -0.4 is 14.8 Å². The molecule has 0 saturated heterocycles. The lowest BCUT2D eigenvalue weighted by Gasteiger charge is -2.06. The number of aromatic nitrogens is 1. The van der Waals surface area contributed by atoms with E-state index in [-0.39, 0.29) is 12.7 Å². The molecule has 0 radical (unpaired) electrons. The van der Waals surface area contributed by atoms with Gasteiger partial charge < -0.3 is 9.47 Å². The van der Waals surface area contributed by atoms with Crippen molar-refractivity contribution in [2.24, 2.45) is 0 Å². The van der Waals surface area contributed by atoms with Gasteiger partial charge in [-0.05, 0) is 49.5 Å². The third-order valence-electron chi connectivity index (χ3n) is 3.90. The molecule has 2 aliphatic rings. The van der Waals surface area contributed by atoms with Crippen molar-refractivity contribution in [3.8, 4) is 11.5 Å². The molecule has 0 fully saturated rings. The lowest BCUT2D eigenvalue weighted by Crippen LogP contribution is -2.07. The Bertz CT molecular complexity index is 759. The van der Waals surface area contributed by atoms with E-state index in [2.05, 4.69) is 10.3 Å². The Kier molecular flexibility index (Phi) is 3.75. The number of fused-ring (bicyclic) bond motifs is 2. The summed E-state index contributed by atoms with van der Waals surface area (Å²) < 4.78 is 10.6. The zero-order chi connectivity index (χ0) is 15.6. The molecule has 23 heavy (non-hydrogen) atoms. The Morgan fingerprint density at radius 3 is 3.00 bits per heavy atom. The zero-order valence-electron chi connectivity index (χ0n) is 12.5. The summed E-state index contributed by atoms with van der Waals surface area (Å²) >= 11 is 1.59. The third-order valence-corrected chi connectivity index (χ3v) is 4.97. The van der Waals surface area contributed by atoms with Crippen LogP contribution in [0.2, 0.25) is 0 Å². The summed E-state index contributed by atoms with van der Waals surface area (Å²) in [6, 6.07) is 5.59. The number of nitrogens with zero attached hydrogens (tertiary/aromatic N) is 1. The van der Waals surface area contributed by atoms with Gasteiger partial charge in [-0.15, -0.1) is 11.3 Å². The summed E-state index contributed by atoms with van der Waals surface area (Å²) in [6.45, 7) is 0.248. The van der Waals surface area contributed by atoms with Crippen LogP contribution in [0.4, 0.5) is 5.13 Å². The summed E-state index contributed by atoms with van der Waals surface area (Å²) in [5, 5.41) is 3.54. The molecule has 0 unspecified atom stereocenters. The van der Waals surface area contributed by atoms with E-state index in [4.69, 9.17) is 9.47 Å². The number of aryl methyl sites for hydroxylation is 2. The second kappa shape index (κ2) is 6.04. The molecule has 1 amide bonds. The molecule has 6 heteroatoms. The minimum absolute atomic E-state index is 0.172. The number of carbonyl (C=O) groups is 1. The van der Waals surface area contributed by atoms with Crippen LogP contribution in [0.15, 0.2) is 24.3 Å². The van der Waals surface area contributed by atoms with Crippen molar-refractivity contribution in [1.29, 1.82) is 0 Å². The van der Waals surface area contributed by atoms with Crippen LogP contribution in [-0.4, -0.2) is 17.7 Å². The van der Waals surface area contributed by atoms with Gasteiger partial charge in [0.2, 0.25) is 12.7 Å². The van der Waals surface area contributed by atoms with E-state index in [0.717, 1.165) is 29.8 Å². The largest absolute Gasteiger partial charge is 0.454 e. The fourth-order valence-electron chi connectivity index (χ4n) is 2.74.